The average molecular weight is 178 g/mol. The number of hydrazone groups is 1. The van der Waals surface area contributed by atoms with E-state index in [1.54, 1.807) is 6.20 Å². The number of methoxy groups -OCH3 is 1. The van der Waals surface area contributed by atoms with E-state index in [-0.39, 0.29) is 0 Å². The Kier molecular flexibility index (Phi) is 2.56. The number of hydrazine groups is 1. The number of allylic oxidation sites excluding steroid dienone is 1. The zero-order chi connectivity index (χ0) is 8.27. The van der Waals surface area contributed by atoms with Crippen molar-refractivity contribution < 1.29 is 9.57 Å². The summed E-state index contributed by atoms with van der Waals surface area (Å²) in [5.74, 6) is 0.573. The van der Waals surface area contributed by atoms with Crippen LogP contribution in [-0.2, 0) is 9.57 Å². The molecule has 0 saturated carbocycles. The van der Waals surface area contributed by atoms with Gasteiger partial charge in [-0.1, -0.05) is 4.64 Å². The highest BCUT2D eigenvalue weighted by molar-refractivity contribution is 6.13. The molecule has 6 heteroatoms. The van der Waals surface area contributed by atoms with Crippen molar-refractivity contribution in [2.45, 2.75) is 0 Å². The van der Waals surface area contributed by atoms with Gasteiger partial charge in [-0.15, -0.1) is 10.3 Å². The molecule has 1 heterocycles. The van der Waals surface area contributed by atoms with Crippen molar-refractivity contribution in [1.29, 1.82) is 0 Å². The molecule has 0 spiro atoms. The van der Waals surface area contributed by atoms with E-state index in [9.17, 15) is 0 Å². The number of rotatable bonds is 2. The third kappa shape index (κ3) is 1.75. The number of hydrogen-bond donors (Lipinski definition) is 0. The lowest BCUT2D eigenvalue weighted by molar-refractivity contribution is -0.194. The molecule has 0 aliphatic carbocycles. The van der Waals surface area contributed by atoms with Crippen molar-refractivity contribution in [3.63, 3.8) is 0 Å². The molecule has 0 unspecified atom stereocenters. The zero-order valence-corrected chi connectivity index (χ0v) is 6.95. The maximum absolute atomic E-state index is 5.54. The van der Waals surface area contributed by atoms with Crippen LogP contribution >= 0.6 is 11.8 Å². The number of nitrogens with zero attached hydrogens (tertiary/aromatic N) is 3. The first-order chi connectivity index (χ1) is 5.27. The summed E-state index contributed by atoms with van der Waals surface area (Å²) in [5.41, 5.74) is 0. The second kappa shape index (κ2) is 3.45. The minimum Gasteiger partial charge on any atom is -0.493 e. The Labute approximate surface area is 69.5 Å². The predicted molar refractivity (Wildman–Crippen MR) is 40.1 cm³/mol. The maximum Gasteiger partial charge on any atom is 0.159 e. The number of ether oxygens (including phenoxy) is 1. The van der Waals surface area contributed by atoms with Gasteiger partial charge in [-0.25, -0.2) is 0 Å². The molecule has 11 heavy (non-hydrogen) atoms. The summed E-state index contributed by atoms with van der Waals surface area (Å²) in [6, 6.07) is 0. The van der Waals surface area contributed by atoms with Crippen molar-refractivity contribution in [2.75, 3.05) is 14.2 Å². The minimum atomic E-state index is 0.573. The third-order valence-corrected chi connectivity index (χ3v) is 1.34. The van der Waals surface area contributed by atoms with Crippen LogP contribution in [0.25, 0.3) is 0 Å². The average Bonchev–Trinajstić information content (AvgIpc) is 2.05. The van der Waals surface area contributed by atoms with Gasteiger partial charge in [0.2, 0.25) is 0 Å². The molecular formula is C5H8ClN3O2. The van der Waals surface area contributed by atoms with Gasteiger partial charge in [-0.3, -0.25) is 4.84 Å². The third-order valence-electron chi connectivity index (χ3n) is 1.10. The molecule has 0 amide bonds. The van der Waals surface area contributed by atoms with Crippen molar-refractivity contribution in [3.8, 4) is 0 Å². The van der Waals surface area contributed by atoms with Crippen molar-refractivity contribution in [1.82, 2.24) is 9.81 Å². The van der Waals surface area contributed by atoms with Crippen molar-refractivity contribution in [2.24, 2.45) is 5.10 Å². The molecule has 0 fully saturated rings. The summed E-state index contributed by atoms with van der Waals surface area (Å²) >= 11 is 5.54. The van der Waals surface area contributed by atoms with Gasteiger partial charge in [0.15, 0.2) is 5.76 Å². The molecule has 5 nitrogen and oxygen atoms in total. The first-order valence-corrected chi connectivity index (χ1v) is 3.20. The van der Waals surface area contributed by atoms with E-state index in [0.717, 1.165) is 4.64 Å². The van der Waals surface area contributed by atoms with Crippen LogP contribution in [0.5, 0.6) is 0 Å². The molecule has 0 atom stereocenters. The SMILES string of the molecule is COC1=CN(OC)N(Cl)N=C1. The fourth-order valence-electron chi connectivity index (χ4n) is 0.571. The normalized spacial score (nSPS) is 16.8. The van der Waals surface area contributed by atoms with Gasteiger partial charge >= 0.3 is 0 Å². The summed E-state index contributed by atoms with van der Waals surface area (Å²) in [6.07, 6.45) is 3.03. The van der Waals surface area contributed by atoms with Gasteiger partial charge < -0.3 is 4.74 Å². The lowest BCUT2D eigenvalue weighted by Crippen LogP contribution is -2.29. The van der Waals surface area contributed by atoms with Crippen LogP contribution in [0.4, 0.5) is 0 Å². The molecule has 0 saturated heterocycles. The van der Waals surface area contributed by atoms with Gasteiger partial charge in [0, 0.05) is 0 Å². The Hall–Kier alpha value is -0.940. The molecule has 1 aliphatic heterocycles. The van der Waals surface area contributed by atoms with Crippen LogP contribution in [0, 0.1) is 0 Å². The maximum atomic E-state index is 5.54. The standard InChI is InChI=1S/C5H8ClN3O2/c1-10-5-3-7-9(6)8(4-5)11-2/h3-4H,1-2H3. The molecular weight excluding hydrogens is 170 g/mol. The van der Waals surface area contributed by atoms with E-state index >= 15 is 0 Å². The van der Waals surface area contributed by atoms with Gasteiger partial charge in [0.05, 0.1) is 38.4 Å². The van der Waals surface area contributed by atoms with Crippen LogP contribution in [0.15, 0.2) is 17.1 Å². The summed E-state index contributed by atoms with van der Waals surface area (Å²) in [6.45, 7) is 0. The molecule has 1 aliphatic rings. The van der Waals surface area contributed by atoms with Crippen molar-refractivity contribution in [3.05, 3.63) is 12.0 Å². The van der Waals surface area contributed by atoms with Gasteiger partial charge in [-0.2, -0.15) is 0 Å². The summed E-state index contributed by atoms with van der Waals surface area (Å²) in [7, 11) is 3.01. The van der Waals surface area contributed by atoms with Gasteiger partial charge in [-0.05, 0) is 0 Å². The van der Waals surface area contributed by atoms with Gasteiger partial charge in [0.25, 0.3) is 0 Å². The Morgan fingerprint density at radius 2 is 2.27 bits per heavy atom. The van der Waals surface area contributed by atoms with Gasteiger partial charge in [0.1, 0.15) is 0 Å². The van der Waals surface area contributed by atoms with E-state index in [4.69, 9.17) is 21.4 Å². The summed E-state index contributed by atoms with van der Waals surface area (Å²) in [4.78, 5) is 4.79. The number of halogens is 1. The molecule has 0 aromatic heterocycles. The fraction of sp³-hybridized carbons (Fsp3) is 0.400. The summed E-state index contributed by atoms with van der Waals surface area (Å²) in [5, 5.41) is 4.94. The predicted octanol–water partition coefficient (Wildman–Crippen LogP) is 0.708. The second-order valence-electron chi connectivity index (χ2n) is 1.71. The van der Waals surface area contributed by atoms with Crippen LogP contribution in [-0.4, -0.2) is 30.2 Å². The molecule has 0 bridgehead atoms. The minimum absolute atomic E-state index is 0.573. The fourth-order valence-corrected chi connectivity index (χ4v) is 0.720. The molecule has 62 valence electrons. The van der Waals surface area contributed by atoms with E-state index in [1.807, 2.05) is 0 Å². The summed E-state index contributed by atoms with van der Waals surface area (Å²) < 4.78 is 5.89. The lowest BCUT2D eigenvalue weighted by Gasteiger charge is -2.24. The highest BCUT2D eigenvalue weighted by Gasteiger charge is 2.12. The first-order valence-electron chi connectivity index (χ1n) is 2.87. The Morgan fingerprint density at radius 1 is 1.55 bits per heavy atom. The first kappa shape index (κ1) is 8.16. The monoisotopic (exact) mass is 177 g/mol. The Bertz CT molecular complexity index is 194. The topological polar surface area (TPSA) is 37.3 Å². The zero-order valence-electron chi connectivity index (χ0n) is 6.19. The van der Waals surface area contributed by atoms with E-state index < -0.39 is 0 Å². The van der Waals surface area contributed by atoms with Crippen LogP contribution in [0.1, 0.15) is 0 Å². The molecule has 0 N–H and O–H groups in total. The van der Waals surface area contributed by atoms with E-state index in [1.165, 1.54) is 25.6 Å². The smallest absolute Gasteiger partial charge is 0.159 e. The quantitative estimate of drug-likeness (QED) is 0.583. The van der Waals surface area contributed by atoms with Crippen LogP contribution in [0.2, 0.25) is 0 Å². The number of hydrogen-bond acceptors (Lipinski definition) is 5. The molecule has 0 radical (unpaired) electrons. The lowest BCUT2D eigenvalue weighted by atomic mass is 10.6. The molecule has 0 aromatic carbocycles. The largest absolute Gasteiger partial charge is 0.493 e. The Balaban J connectivity index is 2.67. The van der Waals surface area contributed by atoms with E-state index in [2.05, 4.69) is 5.10 Å². The highest BCUT2D eigenvalue weighted by Crippen LogP contribution is 2.11. The number of hydroxylamine groups is 1. The van der Waals surface area contributed by atoms with Crippen LogP contribution < -0.4 is 0 Å². The van der Waals surface area contributed by atoms with Crippen molar-refractivity contribution >= 4 is 18.0 Å². The second-order valence-corrected chi connectivity index (χ2v) is 2.01. The van der Waals surface area contributed by atoms with E-state index in [0.29, 0.717) is 5.76 Å². The highest BCUT2D eigenvalue weighted by atomic mass is 35.5. The Morgan fingerprint density at radius 3 is 2.82 bits per heavy atom. The molecule has 1 rings (SSSR count). The van der Waals surface area contributed by atoms with Crippen LogP contribution in [0.3, 0.4) is 0 Å². The molecule has 0 aromatic rings.